The van der Waals surface area contributed by atoms with Crippen molar-refractivity contribution < 1.29 is 10.0 Å². The lowest BCUT2D eigenvalue weighted by Crippen LogP contribution is -2.20. The van der Waals surface area contributed by atoms with Crippen molar-refractivity contribution in [1.82, 2.24) is 4.73 Å². The Hall–Kier alpha value is -2.36. The third kappa shape index (κ3) is 3.81. The SMILES string of the molecule is Cc1ccc(=NC(=O)CCc2ccccc2)n(O)c1. The minimum absolute atomic E-state index is 0.240. The van der Waals surface area contributed by atoms with Crippen LogP contribution in [0.15, 0.2) is 53.7 Å². The fraction of sp³-hybridized carbons (Fsp3) is 0.200. The first-order chi connectivity index (χ1) is 9.15. The first-order valence-electron chi connectivity index (χ1n) is 6.15. The van der Waals surface area contributed by atoms with Gasteiger partial charge in [0.05, 0.1) is 0 Å². The summed E-state index contributed by atoms with van der Waals surface area (Å²) in [7, 11) is 0. The van der Waals surface area contributed by atoms with E-state index in [2.05, 4.69) is 4.99 Å². The van der Waals surface area contributed by atoms with Gasteiger partial charge in [0, 0.05) is 12.6 Å². The van der Waals surface area contributed by atoms with Crippen LogP contribution in [0.4, 0.5) is 0 Å². The predicted molar refractivity (Wildman–Crippen MR) is 71.7 cm³/mol. The van der Waals surface area contributed by atoms with E-state index in [9.17, 15) is 10.0 Å². The number of benzene rings is 1. The molecule has 1 aromatic carbocycles. The standard InChI is InChI=1S/C15H16N2O2/c1-12-7-9-14(17(19)11-12)16-15(18)10-8-13-5-3-2-4-6-13/h2-7,9,11,19H,8,10H2,1H3. The van der Waals surface area contributed by atoms with Crippen molar-refractivity contribution in [3.05, 3.63) is 65.3 Å². The van der Waals surface area contributed by atoms with Gasteiger partial charge in [-0.3, -0.25) is 4.79 Å². The summed E-state index contributed by atoms with van der Waals surface area (Å²) in [6.07, 6.45) is 2.50. The molecular formula is C15H16N2O2. The molecule has 1 amide bonds. The highest BCUT2D eigenvalue weighted by molar-refractivity contribution is 5.77. The number of hydrogen-bond donors (Lipinski definition) is 1. The summed E-state index contributed by atoms with van der Waals surface area (Å²) in [6, 6.07) is 13.2. The molecule has 4 heteroatoms. The van der Waals surface area contributed by atoms with Crippen LogP contribution in [0.1, 0.15) is 17.5 Å². The fourth-order valence-corrected chi connectivity index (χ4v) is 1.75. The second kappa shape index (κ2) is 6.00. The van der Waals surface area contributed by atoms with Gasteiger partial charge in [-0.05, 0) is 30.5 Å². The van der Waals surface area contributed by atoms with Gasteiger partial charge in [-0.15, -0.1) is 0 Å². The Morgan fingerprint density at radius 2 is 1.95 bits per heavy atom. The van der Waals surface area contributed by atoms with Crippen molar-refractivity contribution in [2.75, 3.05) is 0 Å². The number of pyridine rings is 1. The first-order valence-corrected chi connectivity index (χ1v) is 6.15. The van der Waals surface area contributed by atoms with Crippen LogP contribution in [0.3, 0.4) is 0 Å². The molecule has 19 heavy (non-hydrogen) atoms. The van der Waals surface area contributed by atoms with Crippen LogP contribution in [0.5, 0.6) is 0 Å². The number of nitrogens with zero attached hydrogens (tertiary/aromatic N) is 2. The van der Waals surface area contributed by atoms with Crippen molar-refractivity contribution in [3.63, 3.8) is 0 Å². The van der Waals surface area contributed by atoms with Crippen LogP contribution in [0.2, 0.25) is 0 Å². The molecule has 4 nitrogen and oxygen atoms in total. The molecule has 0 spiro atoms. The number of carbonyl (C=O) groups is 1. The molecule has 0 saturated carbocycles. The molecule has 2 aromatic rings. The highest BCUT2D eigenvalue weighted by Crippen LogP contribution is 2.02. The molecule has 98 valence electrons. The lowest BCUT2D eigenvalue weighted by atomic mass is 10.1. The molecule has 1 heterocycles. The largest absolute Gasteiger partial charge is 0.427 e. The van der Waals surface area contributed by atoms with Gasteiger partial charge in [-0.25, -0.2) is 0 Å². The van der Waals surface area contributed by atoms with Gasteiger partial charge in [0.15, 0.2) is 5.49 Å². The smallest absolute Gasteiger partial charge is 0.248 e. The zero-order chi connectivity index (χ0) is 13.7. The maximum atomic E-state index is 11.7. The van der Waals surface area contributed by atoms with Gasteiger partial charge in [-0.2, -0.15) is 9.72 Å². The number of aromatic nitrogens is 1. The van der Waals surface area contributed by atoms with Crippen molar-refractivity contribution in [3.8, 4) is 0 Å². The summed E-state index contributed by atoms with van der Waals surface area (Å²) in [5.41, 5.74) is 2.26. The number of amides is 1. The van der Waals surface area contributed by atoms with Crippen LogP contribution in [0, 0.1) is 6.92 Å². The second-order valence-corrected chi connectivity index (χ2v) is 4.40. The third-order valence-corrected chi connectivity index (χ3v) is 2.77. The average Bonchev–Trinajstić information content (AvgIpc) is 2.41. The molecule has 0 aliphatic rings. The zero-order valence-corrected chi connectivity index (χ0v) is 10.8. The minimum atomic E-state index is -0.240. The molecule has 1 N–H and O–H groups in total. The molecule has 0 aliphatic carbocycles. The van der Waals surface area contributed by atoms with Crippen molar-refractivity contribution >= 4 is 5.91 Å². The summed E-state index contributed by atoms with van der Waals surface area (Å²) < 4.78 is 0.871. The van der Waals surface area contributed by atoms with Crippen LogP contribution in [-0.2, 0) is 11.2 Å². The Morgan fingerprint density at radius 1 is 1.21 bits per heavy atom. The molecule has 0 saturated heterocycles. The topological polar surface area (TPSA) is 54.6 Å². The fourth-order valence-electron chi connectivity index (χ4n) is 1.75. The lowest BCUT2D eigenvalue weighted by Gasteiger charge is -2.00. The Labute approximate surface area is 111 Å². The molecule has 2 rings (SSSR count). The van der Waals surface area contributed by atoms with E-state index in [1.807, 2.05) is 37.3 Å². The summed E-state index contributed by atoms with van der Waals surface area (Å²) in [4.78, 5) is 15.6. The van der Waals surface area contributed by atoms with Crippen LogP contribution in [-0.4, -0.2) is 15.8 Å². The van der Waals surface area contributed by atoms with Gasteiger partial charge in [0.2, 0.25) is 5.91 Å². The highest BCUT2D eigenvalue weighted by atomic mass is 16.5. The van der Waals surface area contributed by atoms with E-state index in [-0.39, 0.29) is 11.4 Å². The Balaban J connectivity index is 2.05. The Kier molecular flexibility index (Phi) is 4.13. The summed E-state index contributed by atoms with van der Waals surface area (Å²) in [5.74, 6) is -0.240. The highest BCUT2D eigenvalue weighted by Gasteiger charge is 2.01. The Bertz CT molecular complexity index is 630. The average molecular weight is 256 g/mol. The molecule has 0 unspecified atom stereocenters. The summed E-state index contributed by atoms with van der Waals surface area (Å²) in [5, 5.41) is 9.60. The normalized spacial score (nSPS) is 11.5. The van der Waals surface area contributed by atoms with Crippen LogP contribution < -0.4 is 5.49 Å². The molecule has 0 aliphatic heterocycles. The second-order valence-electron chi connectivity index (χ2n) is 4.40. The van der Waals surface area contributed by atoms with Gasteiger partial charge in [0.1, 0.15) is 0 Å². The van der Waals surface area contributed by atoms with E-state index in [1.54, 1.807) is 12.1 Å². The van der Waals surface area contributed by atoms with Crippen LogP contribution >= 0.6 is 0 Å². The Morgan fingerprint density at radius 3 is 2.63 bits per heavy atom. The van der Waals surface area contributed by atoms with E-state index < -0.39 is 0 Å². The summed E-state index contributed by atoms with van der Waals surface area (Å²) >= 11 is 0. The molecule has 0 bridgehead atoms. The van der Waals surface area contributed by atoms with Crippen molar-refractivity contribution in [2.45, 2.75) is 19.8 Å². The van der Waals surface area contributed by atoms with E-state index in [4.69, 9.17) is 0 Å². The van der Waals surface area contributed by atoms with Gasteiger partial charge in [0.25, 0.3) is 0 Å². The number of hydrogen-bond acceptors (Lipinski definition) is 2. The zero-order valence-electron chi connectivity index (χ0n) is 10.8. The number of aryl methyl sites for hydroxylation is 2. The molecule has 0 fully saturated rings. The number of rotatable bonds is 3. The third-order valence-electron chi connectivity index (χ3n) is 2.77. The maximum Gasteiger partial charge on any atom is 0.248 e. The maximum absolute atomic E-state index is 11.7. The van der Waals surface area contributed by atoms with Crippen molar-refractivity contribution in [2.24, 2.45) is 4.99 Å². The van der Waals surface area contributed by atoms with E-state index in [1.165, 1.54) is 6.20 Å². The quantitative estimate of drug-likeness (QED) is 0.855. The minimum Gasteiger partial charge on any atom is -0.427 e. The summed E-state index contributed by atoms with van der Waals surface area (Å²) in [6.45, 7) is 1.85. The van der Waals surface area contributed by atoms with Gasteiger partial charge >= 0.3 is 0 Å². The predicted octanol–water partition coefficient (Wildman–Crippen LogP) is 2.09. The van der Waals surface area contributed by atoms with E-state index in [0.29, 0.717) is 12.8 Å². The van der Waals surface area contributed by atoms with Crippen molar-refractivity contribution in [1.29, 1.82) is 0 Å². The molecule has 1 aromatic heterocycles. The first kappa shape index (κ1) is 13.1. The molecule has 0 atom stereocenters. The van der Waals surface area contributed by atoms with E-state index >= 15 is 0 Å². The number of carbonyl (C=O) groups excluding carboxylic acids is 1. The van der Waals surface area contributed by atoms with Crippen LogP contribution in [0.25, 0.3) is 0 Å². The molecule has 0 radical (unpaired) electrons. The van der Waals surface area contributed by atoms with Gasteiger partial charge < -0.3 is 5.21 Å². The van der Waals surface area contributed by atoms with Gasteiger partial charge in [-0.1, -0.05) is 36.4 Å². The van der Waals surface area contributed by atoms with E-state index in [0.717, 1.165) is 15.9 Å². The monoisotopic (exact) mass is 256 g/mol. The molecular weight excluding hydrogens is 240 g/mol. The lowest BCUT2D eigenvalue weighted by molar-refractivity contribution is -0.118.